The van der Waals surface area contributed by atoms with Gasteiger partial charge in [-0.2, -0.15) is 4.31 Å². The van der Waals surface area contributed by atoms with Crippen LogP contribution in [0.2, 0.25) is 0 Å². The predicted molar refractivity (Wildman–Crippen MR) is 117 cm³/mol. The van der Waals surface area contributed by atoms with E-state index in [2.05, 4.69) is 14.4 Å². The van der Waals surface area contributed by atoms with Crippen LogP contribution < -0.4 is 0 Å². The zero-order valence-corrected chi connectivity index (χ0v) is 18.5. The van der Waals surface area contributed by atoms with Crippen molar-refractivity contribution in [2.24, 2.45) is 4.40 Å². The number of carbonyl (C=O) groups excluding carboxylic acids is 1. The lowest BCUT2D eigenvalue weighted by Crippen LogP contribution is -2.52. The number of hydrogen-bond acceptors (Lipinski definition) is 7. The Morgan fingerprint density at radius 1 is 1.12 bits per heavy atom. The molecule has 1 saturated heterocycles. The van der Waals surface area contributed by atoms with Crippen LogP contribution in [0.5, 0.6) is 0 Å². The summed E-state index contributed by atoms with van der Waals surface area (Å²) in [6.07, 6.45) is 7.92. The van der Waals surface area contributed by atoms with E-state index in [0.717, 1.165) is 0 Å². The maximum atomic E-state index is 13.2. The molecule has 0 radical (unpaired) electrons. The average Bonchev–Trinajstić information content (AvgIpc) is 3.23. The Balaban J connectivity index is 1.34. The van der Waals surface area contributed by atoms with Crippen molar-refractivity contribution in [1.82, 2.24) is 24.1 Å². The van der Waals surface area contributed by atoms with Crippen molar-refractivity contribution in [1.29, 1.82) is 0 Å². The molecule has 2 aromatic rings. The maximum Gasteiger partial charge on any atom is 0.257 e. The average molecular weight is 477 g/mol. The van der Waals surface area contributed by atoms with Crippen molar-refractivity contribution in [2.75, 3.05) is 38.5 Å². The van der Waals surface area contributed by atoms with Crippen molar-refractivity contribution in [3.63, 3.8) is 0 Å². The van der Waals surface area contributed by atoms with Gasteiger partial charge in [0.1, 0.15) is 10.5 Å². The second kappa shape index (κ2) is 7.53. The molecule has 11 nitrogen and oxygen atoms in total. The Bertz CT molecular complexity index is 1400. The van der Waals surface area contributed by atoms with Gasteiger partial charge in [-0.1, -0.05) is 0 Å². The summed E-state index contributed by atoms with van der Waals surface area (Å²) in [5.74, 6) is -0.365. The van der Waals surface area contributed by atoms with Gasteiger partial charge < -0.3 is 14.8 Å². The minimum absolute atomic E-state index is 0.109. The molecule has 1 amide bonds. The number of aromatic amines is 1. The summed E-state index contributed by atoms with van der Waals surface area (Å²) in [5, 5.41) is 0.516. The Morgan fingerprint density at radius 2 is 1.91 bits per heavy atom. The number of H-pyrrole nitrogens is 1. The molecule has 168 valence electrons. The number of amidine groups is 1. The van der Waals surface area contributed by atoms with E-state index in [1.165, 1.54) is 15.4 Å². The number of fused-ring (bicyclic) bond motifs is 2. The van der Waals surface area contributed by atoms with Crippen LogP contribution in [-0.2, 0) is 24.8 Å². The third-order valence-electron chi connectivity index (χ3n) is 5.64. The van der Waals surface area contributed by atoms with E-state index in [-0.39, 0.29) is 60.7 Å². The summed E-state index contributed by atoms with van der Waals surface area (Å²) >= 11 is 0. The molecule has 3 aliphatic rings. The molecule has 3 aliphatic heterocycles. The van der Waals surface area contributed by atoms with Gasteiger partial charge in [-0.25, -0.2) is 21.8 Å². The third-order valence-corrected chi connectivity index (χ3v) is 8.73. The highest BCUT2D eigenvalue weighted by atomic mass is 32.2. The molecule has 1 N–H and O–H groups in total. The normalized spacial score (nSPS) is 21.2. The zero-order valence-electron chi connectivity index (χ0n) is 16.9. The first-order valence-corrected chi connectivity index (χ1v) is 13.0. The van der Waals surface area contributed by atoms with E-state index in [1.807, 2.05) is 0 Å². The first-order chi connectivity index (χ1) is 15.3. The molecule has 0 bridgehead atoms. The molecular weight excluding hydrogens is 456 g/mol. The second-order valence-corrected chi connectivity index (χ2v) is 11.2. The Labute approximate surface area is 184 Å². The summed E-state index contributed by atoms with van der Waals surface area (Å²) in [4.78, 5) is 23.4. The van der Waals surface area contributed by atoms with Crippen molar-refractivity contribution in [3.8, 4) is 0 Å². The molecule has 0 aliphatic carbocycles. The van der Waals surface area contributed by atoms with Gasteiger partial charge in [0.25, 0.3) is 15.9 Å². The number of carbonyl (C=O) groups is 1. The number of sulfonamides is 2. The Hall–Kier alpha value is -3.03. The number of nitrogens with one attached hydrogen (secondary N) is 1. The molecule has 0 spiro atoms. The molecule has 0 unspecified atom stereocenters. The minimum Gasteiger partial charge on any atom is -0.345 e. The number of hydrogen-bond donors (Lipinski definition) is 1. The monoisotopic (exact) mass is 476 g/mol. The van der Waals surface area contributed by atoms with E-state index in [0.29, 0.717) is 11.0 Å². The van der Waals surface area contributed by atoms with Gasteiger partial charge in [-0.3, -0.25) is 4.79 Å². The third kappa shape index (κ3) is 3.51. The quantitative estimate of drug-likeness (QED) is 0.653. The number of pyridine rings is 1. The predicted octanol–water partition coefficient (Wildman–Crippen LogP) is -0.107. The fourth-order valence-corrected chi connectivity index (χ4v) is 6.53. The molecule has 5 rings (SSSR count). The standard InChI is InChI=1S/C19H20N6O5S2/c26-19(15-4-2-6-23-11-12-31(27,28)22-18(15)23)24-7-9-25(10-8-24)32(29,30)16-13-21-17-14(16)3-1-5-20-17/h1-6,13H,7-12H2,(H,20,21). The van der Waals surface area contributed by atoms with Crippen LogP contribution >= 0.6 is 0 Å². The van der Waals surface area contributed by atoms with Gasteiger partial charge in [-0.15, -0.1) is 4.40 Å². The molecule has 1 fully saturated rings. The van der Waals surface area contributed by atoms with E-state index in [1.54, 1.807) is 41.6 Å². The van der Waals surface area contributed by atoms with Gasteiger partial charge in [-0.05, 0) is 24.3 Å². The molecule has 2 aromatic heterocycles. The number of nitrogens with zero attached hydrogens (tertiary/aromatic N) is 5. The van der Waals surface area contributed by atoms with Crippen molar-refractivity contribution in [3.05, 3.63) is 48.5 Å². The van der Waals surface area contributed by atoms with E-state index >= 15 is 0 Å². The van der Waals surface area contributed by atoms with Gasteiger partial charge in [0.05, 0.1) is 11.3 Å². The van der Waals surface area contributed by atoms with Crippen LogP contribution in [0.25, 0.3) is 11.0 Å². The lowest BCUT2D eigenvalue weighted by Gasteiger charge is -2.36. The molecule has 32 heavy (non-hydrogen) atoms. The Kier molecular flexibility index (Phi) is 4.91. The summed E-state index contributed by atoms with van der Waals surface area (Å²) in [7, 11) is -7.38. The zero-order chi connectivity index (χ0) is 22.5. The van der Waals surface area contributed by atoms with Gasteiger partial charge in [0.15, 0.2) is 5.84 Å². The van der Waals surface area contributed by atoms with Gasteiger partial charge >= 0.3 is 0 Å². The van der Waals surface area contributed by atoms with E-state index in [9.17, 15) is 21.6 Å². The number of amides is 1. The van der Waals surface area contributed by atoms with E-state index in [4.69, 9.17) is 0 Å². The highest BCUT2D eigenvalue weighted by molar-refractivity contribution is 7.90. The van der Waals surface area contributed by atoms with Crippen LogP contribution in [0, 0.1) is 0 Å². The van der Waals surface area contributed by atoms with Crippen molar-refractivity contribution >= 4 is 42.8 Å². The lowest BCUT2D eigenvalue weighted by molar-refractivity contribution is -0.127. The first kappa shape index (κ1) is 20.8. The molecular formula is C19H20N6O5S2. The summed E-state index contributed by atoms with van der Waals surface area (Å²) in [5.41, 5.74) is 0.680. The number of aromatic nitrogens is 2. The number of rotatable bonds is 3. The SMILES string of the molecule is O=C(C1=CC=CN2CCS(=O)(=O)N=C12)N1CCN(S(=O)(=O)c2c[nH]c3ncccc23)CC1. The Morgan fingerprint density at radius 3 is 2.69 bits per heavy atom. The van der Waals surface area contributed by atoms with Crippen LogP contribution in [0.4, 0.5) is 0 Å². The highest BCUT2D eigenvalue weighted by Gasteiger charge is 2.36. The fourth-order valence-electron chi connectivity index (χ4n) is 3.97. The van der Waals surface area contributed by atoms with Crippen LogP contribution in [0.3, 0.4) is 0 Å². The lowest BCUT2D eigenvalue weighted by atomic mass is 10.1. The molecule has 0 saturated carbocycles. The second-order valence-electron chi connectivity index (χ2n) is 7.56. The van der Waals surface area contributed by atoms with Crippen molar-refractivity contribution in [2.45, 2.75) is 4.90 Å². The van der Waals surface area contributed by atoms with Crippen LogP contribution in [-0.4, -0.2) is 91.1 Å². The highest BCUT2D eigenvalue weighted by Crippen LogP contribution is 2.26. The summed E-state index contributed by atoms with van der Waals surface area (Å²) in [6.45, 7) is 0.838. The van der Waals surface area contributed by atoms with E-state index < -0.39 is 20.0 Å². The minimum atomic E-state index is -3.77. The fraction of sp³-hybridized carbons (Fsp3) is 0.316. The van der Waals surface area contributed by atoms with Crippen LogP contribution in [0.15, 0.2) is 57.7 Å². The number of allylic oxidation sites excluding steroid dienone is 2. The smallest absolute Gasteiger partial charge is 0.257 e. The van der Waals surface area contributed by atoms with Gasteiger partial charge in [0.2, 0.25) is 10.0 Å². The molecule has 0 atom stereocenters. The summed E-state index contributed by atoms with van der Waals surface area (Å²) < 4.78 is 55.3. The number of piperazine rings is 1. The van der Waals surface area contributed by atoms with Gasteiger partial charge in [0, 0.05) is 56.7 Å². The topological polar surface area (TPSA) is 136 Å². The maximum absolute atomic E-state index is 13.2. The van der Waals surface area contributed by atoms with Crippen molar-refractivity contribution < 1.29 is 21.6 Å². The largest absolute Gasteiger partial charge is 0.345 e. The molecule has 13 heteroatoms. The molecule has 5 heterocycles. The van der Waals surface area contributed by atoms with Crippen LogP contribution in [0.1, 0.15) is 0 Å². The summed E-state index contributed by atoms with van der Waals surface area (Å²) in [6, 6.07) is 3.37. The molecule has 0 aromatic carbocycles. The first-order valence-electron chi connectivity index (χ1n) is 9.96.